The molecule has 0 unspecified atom stereocenters. The highest BCUT2D eigenvalue weighted by atomic mass is 127. The Hall–Kier alpha value is -1.51. The third kappa shape index (κ3) is 7.06. The van der Waals surface area contributed by atoms with Gasteiger partial charge in [0.1, 0.15) is 5.75 Å². The summed E-state index contributed by atoms with van der Waals surface area (Å²) in [5, 5.41) is 6.01. The molecule has 6 nitrogen and oxygen atoms in total. The number of amides is 1. The van der Waals surface area contributed by atoms with Crippen molar-refractivity contribution >= 4 is 41.5 Å². The maximum absolute atomic E-state index is 11.8. The molecule has 0 spiro atoms. The summed E-state index contributed by atoms with van der Waals surface area (Å²) in [5.41, 5.74) is 6.63. The van der Waals surface area contributed by atoms with E-state index in [1.54, 1.807) is 7.11 Å². The molecule has 0 atom stereocenters. The molecule has 0 heterocycles. The Balaban J connectivity index is 0.00000264. The molecule has 1 fully saturated rings. The fraction of sp³-hybridized carbons (Fsp3) is 0.500. The Kier molecular flexibility index (Phi) is 8.75. The second kappa shape index (κ2) is 10.3. The van der Waals surface area contributed by atoms with Crippen molar-refractivity contribution < 1.29 is 9.53 Å². The van der Waals surface area contributed by atoms with Crippen LogP contribution in [0.3, 0.4) is 0 Å². The van der Waals surface area contributed by atoms with Crippen LogP contribution in [0.5, 0.6) is 5.75 Å². The van der Waals surface area contributed by atoms with Crippen LogP contribution >= 0.6 is 24.0 Å². The van der Waals surface area contributed by atoms with E-state index in [1.807, 2.05) is 24.3 Å². The molecule has 1 saturated carbocycles. The van der Waals surface area contributed by atoms with E-state index in [9.17, 15) is 4.79 Å². The van der Waals surface area contributed by atoms with Gasteiger partial charge in [-0.05, 0) is 37.1 Å². The zero-order valence-corrected chi connectivity index (χ0v) is 15.7. The van der Waals surface area contributed by atoms with Gasteiger partial charge < -0.3 is 21.1 Å². The van der Waals surface area contributed by atoms with Crippen molar-refractivity contribution in [1.82, 2.24) is 5.32 Å². The zero-order chi connectivity index (χ0) is 15.8. The number of anilines is 1. The number of methoxy groups -OCH3 is 1. The molecule has 2 rings (SSSR count). The largest absolute Gasteiger partial charge is 0.497 e. The van der Waals surface area contributed by atoms with Crippen LogP contribution in [0.1, 0.15) is 32.1 Å². The quantitative estimate of drug-likeness (QED) is 0.366. The number of carbonyl (C=O) groups excluding carboxylic acids is 1. The Bertz CT molecular complexity index is 513. The summed E-state index contributed by atoms with van der Waals surface area (Å²) in [6, 6.07) is 7.74. The number of ether oxygens (including phenoxy) is 1. The first-order valence-electron chi connectivity index (χ1n) is 7.68. The lowest BCUT2D eigenvalue weighted by Crippen LogP contribution is -2.33. The molecule has 23 heavy (non-hydrogen) atoms. The molecular formula is C16H25IN4O2. The molecule has 0 radical (unpaired) electrons. The van der Waals surface area contributed by atoms with E-state index in [1.165, 1.54) is 12.8 Å². The minimum atomic E-state index is 0. The number of nitrogens with one attached hydrogen (secondary N) is 2. The van der Waals surface area contributed by atoms with Crippen molar-refractivity contribution in [1.29, 1.82) is 0 Å². The van der Waals surface area contributed by atoms with E-state index in [0.717, 1.165) is 24.3 Å². The number of benzene rings is 1. The monoisotopic (exact) mass is 432 g/mol. The topological polar surface area (TPSA) is 88.7 Å². The Morgan fingerprint density at radius 3 is 2.57 bits per heavy atom. The predicted molar refractivity (Wildman–Crippen MR) is 104 cm³/mol. The summed E-state index contributed by atoms with van der Waals surface area (Å²) < 4.78 is 5.09. The number of aliphatic imine (C=N–C) groups is 1. The van der Waals surface area contributed by atoms with Gasteiger partial charge in [0, 0.05) is 18.2 Å². The number of halogens is 1. The number of nitrogens with two attached hydrogens (primary N) is 1. The summed E-state index contributed by atoms with van der Waals surface area (Å²) >= 11 is 0. The number of guanidine groups is 1. The maximum atomic E-state index is 11.8. The van der Waals surface area contributed by atoms with Crippen molar-refractivity contribution in [3.05, 3.63) is 24.3 Å². The van der Waals surface area contributed by atoms with E-state index in [2.05, 4.69) is 15.6 Å². The first kappa shape index (κ1) is 19.5. The van der Waals surface area contributed by atoms with Crippen molar-refractivity contribution in [2.24, 2.45) is 10.7 Å². The molecule has 7 heteroatoms. The first-order chi connectivity index (χ1) is 10.7. The summed E-state index contributed by atoms with van der Waals surface area (Å²) in [6.07, 6.45) is 4.97. The zero-order valence-electron chi connectivity index (χ0n) is 13.4. The molecule has 4 N–H and O–H groups in total. The van der Waals surface area contributed by atoms with Crippen LogP contribution in [0, 0.1) is 0 Å². The summed E-state index contributed by atoms with van der Waals surface area (Å²) in [6.45, 7) is 0.382. The SMILES string of the molecule is COc1ccc(NC(N)=NCCC(=O)NC2CCCC2)cc1.I. The van der Waals surface area contributed by atoms with E-state index in [0.29, 0.717) is 25.0 Å². The van der Waals surface area contributed by atoms with E-state index in [4.69, 9.17) is 10.5 Å². The van der Waals surface area contributed by atoms with E-state index >= 15 is 0 Å². The standard InChI is InChI=1S/C16H24N4O2.HI/c1-22-14-8-6-13(7-9-14)20-16(17)18-11-10-15(21)19-12-4-2-3-5-12;/h6-9,12H,2-5,10-11H2,1H3,(H,19,21)(H3,17,18,20);1H. The molecule has 128 valence electrons. The van der Waals surface area contributed by atoms with Gasteiger partial charge in [0.15, 0.2) is 5.96 Å². The smallest absolute Gasteiger partial charge is 0.222 e. The predicted octanol–water partition coefficient (Wildman–Crippen LogP) is 2.49. The van der Waals surface area contributed by atoms with E-state index < -0.39 is 0 Å². The van der Waals surface area contributed by atoms with Gasteiger partial charge in [-0.3, -0.25) is 9.79 Å². The summed E-state index contributed by atoms with van der Waals surface area (Å²) in [7, 11) is 1.62. The number of nitrogens with zero attached hydrogens (tertiary/aromatic N) is 1. The van der Waals surface area contributed by atoms with Gasteiger partial charge in [-0.25, -0.2) is 0 Å². The Morgan fingerprint density at radius 1 is 1.30 bits per heavy atom. The van der Waals surface area contributed by atoms with Gasteiger partial charge in [0.2, 0.25) is 5.91 Å². The Morgan fingerprint density at radius 2 is 1.96 bits per heavy atom. The van der Waals surface area contributed by atoms with Gasteiger partial charge in [-0.15, -0.1) is 24.0 Å². The molecule has 0 aliphatic heterocycles. The number of carbonyl (C=O) groups is 1. The molecular weight excluding hydrogens is 407 g/mol. The average molecular weight is 432 g/mol. The highest BCUT2D eigenvalue weighted by Gasteiger charge is 2.16. The summed E-state index contributed by atoms with van der Waals surface area (Å²) in [5.74, 6) is 1.14. The van der Waals surface area contributed by atoms with Crippen LogP contribution in [0.15, 0.2) is 29.3 Å². The average Bonchev–Trinajstić information content (AvgIpc) is 3.01. The number of hydrogen-bond donors (Lipinski definition) is 3. The number of hydrogen-bond acceptors (Lipinski definition) is 3. The van der Waals surface area contributed by atoms with Crippen LogP contribution in [0.25, 0.3) is 0 Å². The molecule has 0 aromatic heterocycles. The van der Waals surface area contributed by atoms with Crippen LogP contribution in [-0.4, -0.2) is 31.6 Å². The van der Waals surface area contributed by atoms with Crippen LogP contribution in [-0.2, 0) is 4.79 Å². The fourth-order valence-corrected chi connectivity index (χ4v) is 2.51. The second-order valence-corrected chi connectivity index (χ2v) is 5.42. The fourth-order valence-electron chi connectivity index (χ4n) is 2.51. The molecule has 1 aromatic carbocycles. The lowest BCUT2D eigenvalue weighted by molar-refractivity contribution is -0.121. The Labute approximate surface area is 154 Å². The normalized spacial score (nSPS) is 14.9. The van der Waals surface area contributed by atoms with Crippen molar-refractivity contribution in [2.75, 3.05) is 19.0 Å². The third-order valence-electron chi connectivity index (χ3n) is 3.70. The molecule has 1 aliphatic carbocycles. The van der Waals surface area contributed by atoms with Gasteiger partial charge in [0.25, 0.3) is 0 Å². The molecule has 0 saturated heterocycles. The summed E-state index contributed by atoms with van der Waals surface area (Å²) in [4.78, 5) is 15.9. The van der Waals surface area contributed by atoms with E-state index in [-0.39, 0.29) is 29.9 Å². The molecule has 1 aromatic rings. The second-order valence-electron chi connectivity index (χ2n) is 5.42. The molecule has 1 aliphatic rings. The van der Waals surface area contributed by atoms with Crippen molar-refractivity contribution in [2.45, 2.75) is 38.1 Å². The lowest BCUT2D eigenvalue weighted by atomic mass is 10.2. The minimum absolute atomic E-state index is 0. The van der Waals surface area contributed by atoms with Gasteiger partial charge >= 0.3 is 0 Å². The highest BCUT2D eigenvalue weighted by Crippen LogP contribution is 2.17. The van der Waals surface area contributed by atoms with Gasteiger partial charge in [0.05, 0.1) is 13.7 Å². The number of rotatable bonds is 6. The minimum Gasteiger partial charge on any atom is -0.497 e. The van der Waals surface area contributed by atoms with Crippen molar-refractivity contribution in [3.63, 3.8) is 0 Å². The lowest BCUT2D eigenvalue weighted by Gasteiger charge is -2.11. The van der Waals surface area contributed by atoms with Crippen LogP contribution in [0.2, 0.25) is 0 Å². The van der Waals surface area contributed by atoms with Gasteiger partial charge in [-0.1, -0.05) is 12.8 Å². The first-order valence-corrected chi connectivity index (χ1v) is 7.68. The van der Waals surface area contributed by atoms with Crippen molar-refractivity contribution in [3.8, 4) is 5.75 Å². The van der Waals surface area contributed by atoms with Gasteiger partial charge in [-0.2, -0.15) is 0 Å². The van der Waals surface area contributed by atoms with Crippen LogP contribution < -0.4 is 21.1 Å². The maximum Gasteiger partial charge on any atom is 0.222 e. The molecule has 1 amide bonds. The molecule has 0 bridgehead atoms. The third-order valence-corrected chi connectivity index (χ3v) is 3.70. The highest BCUT2D eigenvalue weighted by molar-refractivity contribution is 14.0. The van der Waals surface area contributed by atoms with Crippen LogP contribution in [0.4, 0.5) is 5.69 Å².